The molecule has 2 aromatic heterocycles. The largest absolute Gasteiger partial charge is 0.468 e. The predicted octanol–water partition coefficient (Wildman–Crippen LogP) is 1.43. The average molecular weight is 471 g/mol. The van der Waals surface area contributed by atoms with E-state index >= 15 is 0 Å². The van der Waals surface area contributed by atoms with Crippen LogP contribution in [0.15, 0.2) is 46.3 Å². The van der Waals surface area contributed by atoms with Crippen molar-refractivity contribution in [3.05, 3.63) is 42.6 Å². The van der Waals surface area contributed by atoms with Gasteiger partial charge in [-0.05, 0) is 32.3 Å². The molecule has 1 saturated heterocycles. The summed E-state index contributed by atoms with van der Waals surface area (Å²) in [5.41, 5.74) is 6.21. The molecule has 3 heterocycles. The van der Waals surface area contributed by atoms with Gasteiger partial charge in [0.2, 0.25) is 5.95 Å². The zero-order chi connectivity index (χ0) is 17.6. The van der Waals surface area contributed by atoms with Crippen molar-refractivity contribution in [2.75, 3.05) is 51.7 Å². The first kappa shape index (κ1) is 20.4. The van der Waals surface area contributed by atoms with E-state index in [1.807, 2.05) is 32.3 Å². The summed E-state index contributed by atoms with van der Waals surface area (Å²) in [6, 6.07) is 5.76. The summed E-state index contributed by atoms with van der Waals surface area (Å²) in [5, 5.41) is 0. The van der Waals surface area contributed by atoms with Crippen LogP contribution in [0.3, 0.4) is 0 Å². The Labute approximate surface area is 171 Å². The molecule has 2 aromatic rings. The molecular formula is C17H26IN7O. The highest BCUT2D eigenvalue weighted by Gasteiger charge is 2.21. The number of rotatable bonds is 5. The number of guanidine groups is 1. The van der Waals surface area contributed by atoms with Gasteiger partial charge in [0, 0.05) is 38.6 Å². The Morgan fingerprint density at radius 3 is 2.50 bits per heavy atom. The molecular weight excluding hydrogens is 445 g/mol. The summed E-state index contributed by atoms with van der Waals surface area (Å²) in [7, 11) is 4.02. The molecule has 9 heteroatoms. The van der Waals surface area contributed by atoms with E-state index < -0.39 is 0 Å². The Bertz CT molecular complexity index is 670. The number of aliphatic imine (C=N–C) groups is 1. The fraction of sp³-hybridized carbons (Fsp3) is 0.471. The maximum Gasteiger partial charge on any atom is 0.225 e. The number of halogens is 1. The van der Waals surface area contributed by atoms with Crippen molar-refractivity contribution in [2.24, 2.45) is 10.7 Å². The second-order valence-corrected chi connectivity index (χ2v) is 6.22. The predicted molar refractivity (Wildman–Crippen MR) is 113 cm³/mol. The Hall–Kier alpha value is -1.88. The zero-order valence-electron chi connectivity index (χ0n) is 15.2. The van der Waals surface area contributed by atoms with E-state index in [0.29, 0.717) is 12.5 Å². The third-order valence-corrected chi connectivity index (χ3v) is 4.36. The number of hydrogen-bond acceptors (Lipinski definition) is 6. The molecule has 1 aliphatic rings. The van der Waals surface area contributed by atoms with E-state index in [9.17, 15) is 0 Å². The van der Waals surface area contributed by atoms with Gasteiger partial charge >= 0.3 is 0 Å². The fourth-order valence-corrected chi connectivity index (χ4v) is 2.86. The van der Waals surface area contributed by atoms with Crippen LogP contribution < -0.4 is 10.6 Å². The molecule has 0 aromatic carbocycles. The summed E-state index contributed by atoms with van der Waals surface area (Å²) in [5.74, 6) is 2.24. The van der Waals surface area contributed by atoms with Gasteiger partial charge in [-0.1, -0.05) is 0 Å². The number of furan rings is 1. The minimum absolute atomic E-state index is 0. The van der Waals surface area contributed by atoms with Crippen LogP contribution in [-0.2, 0) is 0 Å². The summed E-state index contributed by atoms with van der Waals surface area (Å²) < 4.78 is 5.51. The van der Waals surface area contributed by atoms with Gasteiger partial charge in [-0.15, -0.1) is 24.0 Å². The molecule has 1 atom stereocenters. The molecule has 26 heavy (non-hydrogen) atoms. The summed E-state index contributed by atoms with van der Waals surface area (Å²) in [6.45, 7) is 3.83. The van der Waals surface area contributed by atoms with Crippen molar-refractivity contribution >= 4 is 35.9 Å². The second kappa shape index (κ2) is 9.72. The molecule has 0 radical (unpaired) electrons. The molecule has 0 amide bonds. The van der Waals surface area contributed by atoms with Crippen molar-refractivity contribution in [3.63, 3.8) is 0 Å². The first-order valence-corrected chi connectivity index (χ1v) is 8.42. The molecule has 1 aliphatic heterocycles. The minimum atomic E-state index is 0. The fourth-order valence-electron chi connectivity index (χ4n) is 2.86. The number of aromatic nitrogens is 2. The number of nitrogens with two attached hydrogens (primary N) is 1. The molecule has 0 bridgehead atoms. The van der Waals surface area contributed by atoms with Gasteiger partial charge in [-0.2, -0.15) is 0 Å². The standard InChI is InChI=1S/C17H25N7O.HI/c1-22(2)14(15-5-3-12-25-15)13-21-16(18)23-8-10-24(11-9-23)17-19-6-4-7-20-17;/h3-7,12,14H,8-11,13H2,1-2H3,(H2,18,21);1H. The minimum Gasteiger partial charge on any atom is -0.468 e. The van der Waals surface area contributed by atoms with Crippen molar-refractivity contribution in [3.8, 4) is 0 Å². The van der Waals surface area contributed by atoms with Crippen LogP contribution in [0.1, 0.15) is 11.8 Å². The smallest absolute Gasteiger partial charge is 0.225 e. The number of anilines is 1. The van der Waals surface area contributed by atoms with Crippen molar-refractivity contribution in [1.29, 1.82) is 0 Å². The van der Waals surface area contributed by atoms with Crippen LogP contribution in [-0.4, -0.2) is 72.5 Å². The molecule has 0 spiro atoms. The van der Waals surface area contributed by atoms with Crippen LogP contribution in [0.5, 0.6) is 0 Å². The third-order valence-electron chi connectivity index (χ3n) is 4.36. The first-order valence-electron chi connectivity index (χ1n) is 8.42. The van der Waals surface area contributed by atoms with Gasteiger partial charge in [0.1, 0.15) is 5.76 Å². The lowest BCUT2D eigenvalue weighted by Crippen LogP contribution is -2.51. The second-order valence-electron chi connectivity index (χ2n) is 6.22. The molecule has 8 nitrogen and oxygen atoms in total. The molecule has 142 valence electrons. The normalized spacial score (nSPS) is 16.5. The maximum absolute atomic E-state index is 6.21. The highest BCUT2D eigenvalue weighted by atomic mass is 127. The van der Waals surface area contributed by atoms with E-state index in [-0.39, 0.29) is 30.0 Å². The molecule has 3 rings (SSSR count). The maximum atomic E-state index is 6.21. The summed E-state index contributed by atoms with van der Waals surface area (Å²) in [4.78, 5) is 19.5. The van der Waals surface area contributed by atoms with Gasteiger partial charge < -0.3 is 20.0 Å². The van der Waals surface area contributed by atoms with Crippen LogP contribution in [0.25, 0.3) is 0 Å². The Kier molecular flexibility index (Phi) is 7.64. The highest BCUT2D eigenvalue weighted by molar-refractivity contribution is 14.0. The SMILES string of the molecule is CN(C)C(CN=C(N)N1CCN(c2ncccn2)CC1)c1ccco1.I. The van der Waals surface area contributed by atoms with E-state index in [1.54, 1.807) is 18.7 Å². The van der Waals surface area contributed by atoms with E-state index in [1.165, 1.54) is 0 Å². The Balaban J connectivity index is 0.00000243. The van der Waals surface area contributed by atoms with Crippen molar-refractivity contribution in [1.82, 2.24) is 19.8 Å². The number of piperazine rings is 1. The van der Waals surface area contributed by atoms with E-state index in [0.717, 1.165) is 37.9 Å². The molecule has 0 aliphatic carbocycles. The molecule has 0 saturated carbocycles. The van der Waals surface area contributed by atoms with Crippen LogP contribution in [0.4, 0.5) is 5.95 Å². The van der Waals surface area contributed by atoms with Gasteiger partial charge in [0.05, 0.1) is 18.8 Å². The van der Waals surface area contributed by atoms with Gasteiger partial charge in [0.15, 0.2) is 5.96 Å². The lowest BCUT2D eigenvalue weighted by molar-refractivity contribution is 0.264. The van der Waals surface area contributed by atoms with Gasteiger partial charge in [-0.25, -0.2) is 9.97 Å². The number of nitrogens with zero attached hydrogens (tertiary/aromatic N) is 6. The number of likely N-dealkylation sites (N-methyl/N-ethyl adjacent to an activating group) is 1. The van der Waals surface area contributed by atoms with Crippen LogP contribution in [0, 0.1) is 0 Å². The van der Waals surface area contributed by atoms with Gasteiger partial charge in [0.25, 0.3) is 0 Å². The molecule has 2 N–H and O–H groups in total. The molecule has 1 fully saturated rings. The van der Waals surface area contributed by atoms with Gasteiger partial charge in [-0.3, -0.25) is 9.89 Å². The topological polar surface area (TPSA) is 87.0 Å². The monoisotopic (exact) mass is 471 g/mol. The quantitative estimate of drug-likeness (QED) is 0.401. The van der Waals surface area contributed by atoms with E-state index in [2.05, 4.69) is 29.7 Å². The first-order chi connectivity index (χ1) is 12.1. The third kappa shape index (κ3) is 5.07. The van der Waals surface area contributed by atoms with Crippen molar-refractivity contribution in [2.45, 2.75) is 6.04 Å². The lowest BCUT2D eigenvalue weighted by Gasteiger charge is -2.35. The van der Waals surface area contributed by atoms with Crippen LogP contribution >= 0.6 is 24.0 Å². The van der Waals surface area contributed by atoms with E-state index in [4.69, 9.17) is 10.2 Å². The van der Waals surface area contributed by atoms with Crippen molar-refractivity contribution < 1.29 is 4.42 Å². The lowest BCUT2D eigenvalue weighted by atomic mass is 10.2. The summed E-state index contributed by atoms with van der Waals surface area (Å²) >= 11 is 0. The zero-order valence-corrected chi connectivity index (χ0v) is 17.5. The molecule has 1 unspecified atom stereocenters. The Morgan fingerprint density at radius 2 is 1.92 bits per heavy atom. The summed E-state index contributed by atoms with van der Waals surface area (Å²) in [6.07, 6.45) is 5.21. The number of hydrogen-bond donors (Lipinski definition) is 1. The Morgan fingerprint density at radius 1 is 1.23 bits per heavy atom. The van der Waals surface area contributed by atoms with Crippen LogP contribution in [0.2, 0.25) is 0 Å². The average Bonchev–Trinajstić information content (AvgIpc) is 3.16. The highest BCUT2D eigenvalue weighted by Crippen LogP contribution is 2.19.